The highest BCUT2D eigenvalue weighted by atomic mass is 32.2. The number of nitrogens with one attached hydrogen (secondary N) is 1. The number of benzene rings is 2. The topological polar surface area (TPSA) is 107 Å². The summed E-state index contributed by atoms with van der Waals surface area (Å²) in [5.74, 6) is -2.99. The Bertz CT molecular complexity index is 1430. The summed E-state index contributed by atoms with van der Waals surface area (Å²) in [5, 5.41) is 4.11. The predicted octanol–water partition coefficient (Wildman–Crippen LogP) is 4.21. The highest BCUT2D eigenvalue weighted by Gasteiger charge is 2.24. The van der Waals surface area contributed by atoms with Crippen molar-refractivity contribution < 1.29 is 26.7 Å². The molecule has 0 fully saturated rings. The van der Waals surface area contributed by atoms with E-state index in [0.29, 0.717) is 5.56 Å². The smallest absolute Gasteiger partial charge is 0.314 e. The molecule has 11 heteroatoms. The molecule has 2 aromatic carbocycles. The Hall–Kier alpha value is -3.60. The van der Waals surface area contributed by atoms with Crippen molar-refractivity contribution in [3.05, 3.63) is 70.6 Å². The third kappa shape index (κ3) is 5.78. The molecular formula is C25H27F2N3O5S. The van der Waals surface area contributed by atoms with E-state index in [4.69, 9.17) is 4.74 Å². The van der Waals surface area contributed by atoms with Gasteiger partial charge in [-0.15, -0.1) is 0 Å². The number of rotatable bonds is 9. The van der Waals surface area contributed by atoms with Gasteiger partial charge in [-0.2, -0.15) is 9.78 Å². The Kier molecular flexibility index (Phi) is 7.92. The summed E-state index contributed by atoms with van der Waals surface area (Å²) in [6, 6.07) is 8.46. The summed E-state index contributed by atoms with van der Waals surface area (Å²) in [5.41, 5.74) is -0.181. The summed E-state index contributed by atoms with van der Waals surface area (Å²) >= 11 is 0. The molecule has 0 unspecified atom stereocenters. The van der Waals surface area contributed by atoms with Crippen molar-refractivity contribution in [1.82, 2.24) is 14.5 Å². The minimum atomic E-state index is -4.04. The lowest BCUT2D eigenvalue weighted by Crippen LogP contribution is -2.29. The molecule has 3 rings (SSSR count). The minimum absolute atomic E-state index is 0.0146. The maximum Gasteiger partial charge on any atom is 0.314 e. The molecule has 3 aromatic rings. The quantitative estimate of drug-likeness (QED) is 0.454. The van der Waals surface area contributed by atoms with Crippen molar-refractivity contribution in [3.8, 4) is 22.6 Å². The maximum atomic E-state index is 13.8. The van der Waals surface area contributed by atoms with Gasteiger partial charge in [0, 0.05) is 24.0 Å². The van der Waals surface area contributed by atoms with E-state index in [1.54, 1.807) is 0 Å². The van der Waals surface area contributed by atoms with E-state index in [-0.39, 0.29) is 33.9 Å². The highest BCUT2D eigenvalue weighted by Crippen LogP contribution is 2.31. The van der Waals surface area contributed by atoms with Crippen LogP contribution in [-0.4, -0.2) is 30.7 Å². The average Bonchev–Trinajstić information content (AvgIpc) is 2.84. The second kappa shape index (κ2) is 10.6. The summed E-state index contributed by atoms with van der Waals surface area (Å²) in [6.45, 7) is 7.33. The van der Waals surface area contributed by atoms with Crippen LogP contribution in [-0.2, 0) is 14.8 Å². The zero-order valence-corrected chi connectivity index (χ0v) is 21.2. The van der Waals surface area contributed by atoms with Crippen LogP contribution in [0.4, 0.5) is 8.78 Å². The van der Waals surface area contributed by atoms with Gasteiger partial charge >= 0.3 is 5.56 Å². The van der Waals surface area contributed by atoms with E-state index in [2.05, 4.69) is 5.10 Å². The first-order chi connectivity index (χ1) is 16.9. The number of ether oxygens (including phenoxy) is 1. The number of sulfonamides is 1. The van der Waals surface area contributed by atoms with E-state index in [1.807, 2.05) is 25.5 Å². The van der Waals surface area contributed by atoms with E-state index in [9.17, 15) is 26.8 Å². The van der Waals surface area contributed by atoms with Gasteiger partial charge in [0.05, 0.1) is 23.4 Å². The SMILES string of the molecule is CCC(C)(CC)COc1c(-c2ccc(S(=O)(=O)NC(C)=O)cc2)cnn(-c2ccc(F)c(F)c2)c1=O. The molecule has 1 N–H and O–H groups in total. The van der Waals surface area contributed by atoms with Gasteiger partial charge in [-0.25, -0.2) is 21.9 Å². The van der Waals surface area contributed by atoms with E-state index >= 15 is 0 Å². The standard InChI is InChI=1S/C25H27F2N3O5S/c1-5-25(4,6-2)15-35-23-20(17-7-10-19(11-8-17)36(33,34)29-16(3)31)14-28-30(24(23)32)18-9-12-21(26)22(27)13-18/h7-14H,5-6,15H2,1-4H3,(H,29,31). The van der Waals surface area contributed by atoms with Crippen LogP contribution in [0.2, 0.25) is 0 Å². The van der Waals surface area contributed by atoms with Crippen LogP contribution < -0.4 is 15.0 Å². The fraction of sp³-hybridized carbons (Fsp3) is 0.320. The molecule has 0 saturated carbocycles. The average molecular weight is 520 g/mol. The third-order valence-corrected chi connectivity index (χ3v) is 7.56. The first kappa shape index (κ1) is 27.0. The number of amides is 1. The summed E-state index contributed by atoms with van der Waals surface area (Å²) in [7, 11) is -4.04. The van der Waals surface area contributed by atoms with Crippen molar-refractivity contribution in [2.45, 2.75) is 45.4 Å². The van der Waals surface area contributed by atoms with Gasteiger partial charge in [-0.3, -0.25) is 9.59 Å². The molecule has 0 aliphatic heterocycles. The van der Waals surface area contributed by atoms with Gasteiger partial charge in [0.25, 0.3) is 10.0 Å². The number of aromatic nitrogens is 2. The minimum Gasteiger partial charge on any atom is -0.487 e. The molecule has 1 aromatic heterocycles. The molecule has 0 saturated heterocycles. The highest BCUT2D eigenvalue weighted by molar-refractivity contribution is 7.90. The van der Waals surface area contributed by atoms with Crippen molar-refractivity contribution in [2.75, 3.05) is 6.61 Å². The lowest BCUT2D eigenvalue weighted by Gasteiger charge is -2.27. The largest absolute Gasteiger partial charge is 0.487 e. The van der Waals surface area contributed by atoms with Crippen LogP contribution in [0.25, 0.3) is 16.8 Å². The Balaban J connectivity index is 2.12. The lowest BCUT2D eigenvalue weighted by atomic mass is 9.86. The Morgan fingerprint density at radius 2 is 1.72 bits per heavy atom. The number of hydrogen-bond acceptors (Lipinski definition) is 6. The second-order valence-electron chi connectivity index (χ2n) is 8.70. The molecule has 1 heterocycles. The van der Waals surface area contributed by atoms with Gasteiger partial charge in [0.1, 0.15) is 0 Å². The molecule has 192 valence electrons. The van der Waals surface area contributed by atoms with Gasteiger partial charge < -0.3 is 4.74 Å². The molecule has 0 radical (unpaired) electrons. The van der Waals surface area contributed by atoms with Crippen molar-refractivity contribution >= 4 is 15.9 Å². The molecule has 0 atom stereocenters. The van der Waals surface area contributed by atoms with Crippen molar-refractivity contribution in [3.63, 3.8) is 0 Å². The maximum absolute atomic E-state index is 13.8. The number of nitrogens with zero attached hydrogens (tertiary/aromatic N) is 2. The fourth-order valence-corrected chi connectivity index (χ4v) is 4.34. The summed E-state index contributed by atoms with van der Waals surface area (Å²) < 4.78 is 60.6. The molecule has 0 aliphatic carbocycles. The molecule has 1 amide bonds. The van der Waals surface area contributed by atoms with Gasteiger partial charge in [0.15, 0.2) is 17.4 Å². The number of hydrogen-bond donors (Lipinski definition) is 1. The number of halogens is 2. The van der Waals surface area contributed by atoms with Crippen LogP contribution in [0.1, 0.15) is 40.5 Å². The number of carbonyl (C=O) groups is 1. The Morgan fingerprint density at radius 1 is 1.08 bits per heavy atom. The summed E-state index contributed by atoms with van der Waals surface area (Å²) in [6.07, 6.45) is 2.92. The normalized spacial score (nSPS) is 11.8. The third-order valence-electron chi connectivity index (χ3n) is 6.11. The molecular weight excluding hydrogens is 492 g/mol. The predicted molar refractivity (Wildman–Crippen MR) is 130 cm³/mol. The monoisotopic (exact) mass is 519 g/mol. The lowest BCUT2D eigenvalue weighted by molar-refractivity contribution is -0.117. The van der Waals surface area contributed by atoms with Crippen LogP contribution in [0, 0.1) is 17.0 Å². The molecule has 36 heavy (non-hydrogen) atoms. The van der Waals surface area contributed by atoms with E-state index in [1.165, 1.54) is 36.5 Å². The first-order valence-corrected chi connectivity index (χ1v) is 12.7. The van der Waals surface area contributed by atoms with E-state index in [0.717, 1.165) is 36.6 Å². The summed E-state index contributed by atoms with van der Waals surface area (Å²) in [4.78, 5) is 24.5. The van der Waals surface area contributed by atoms with Crippen LogP contribution in [0.3, 0.4) is 0 Å². The van der Waals surface area contributed by atoms with Gasteiger partial charge in [-0.05, 0) is 42.7 Å². The van der Waals surface area contributed by atoms with Crippen molar-refractivity contribution in [2.24, 2.45) is 5.41 Å². The zero-order chi connectivity index (χ0) is 26.7. The molecule has 8 nitrogen and oxygen atoms in total. The van der Waals surface area contributed by atoms with Crippen LogP contribution in [0.15, 0.2) is 58.4 Å². The van der Waals surface area contributed by atoms with Crippen molar-refractivity contribution in [1.29, 1.82) is 0 Å². The molecule has 0 spiro atoms. The Labute approximate surface area is 208 Å². The van der Waals surface area contributed by atoms with Gasteiger partial charge in [-0.1, -0.05) is 32.9 Å². The fourth-order valence-electron chi connectivity index (χ4n) is 3.35. The number of carbonyl (C=O) groups excluding carboxylic acids is 1. The zero-order valence-electron chi connectivity index (χ0n) is 20.3. The second-order valence-corrected chi connectivity index (χ2v) is 10.4. The Morgan fingerprint density at radius 3 is 2.28 bits per heavy atom. The molecule has 0 aliphatic rings. The molecule has 0 bridgehead atoms. The van der Waals surface area contributed by atoms with Gasteiger partial charge in [0.2, 0.25) is 5.91 Å². The first-order valence-electron chi connectivity index (χ1n) is 11.2. The van der Waals surface area contributed by atoms with Crippen LogP contribution in [0.5, 0.6) is 5.75 Å². The van der Waals surface area contributed by atoms with E-state index < -0.39 is 33.1 Å². The van der Waals surface area contributed by atoms with Crippen LogP contribution >= 0.6 is 0 Å².